The van der Waals surface area contributed by atoms with Crippen LogP contribution >= 0.6 is 22.9 Å². The van der Waals surface area contributed by atoms with Crippen LogP contribution in [0.5, 0.6) is 0 Å². The summed E-state index contributed by atoms with van der Waals surface area (Å²) in [5.41, 5.74) is 1.64. The van der Waals surface area contributed by atoms with Crippen molar-refractivity contribution in [3.63, 3.8) is 0 Å². The lowest BCUT2D eigenvalue weighted by Gasteiger charge is -2.42. The molecule has 1 aromatic heterocycles. The molecule has 3 fully saturated rings. The number of hydrogen-bond donors (Lipinski definition) is 0. The molecule has 3 heterocycles. The Bertz CT molecular complexity index is 927. The summed E-state index contributed by atoms with van der Waals surface area (Å²) in [6, 6.07) is 8.15. The molecule has 0 unspecified atom stereocenters. The summed E-state index contributed by atoms with van der Waals surface area (Å²) < 4.78 is 15.0. The predicted molar refractivity (Wildman–Crippen MR) is 121 cm³/mol. The van der Waals surface area contributed by atoms with E-state index < -0.39 is 0 Å². The molecule has 0 atom stereocenters. The van der Waals surface area contributed by atoms with Crippen molar-refractivity contribution in [2.24, 2.45) is 0 Å². The fraction of sp³-hybridized carbons (Fsp3) is 0.542. The molecule has 1 aliphatic carbocycles. The van der Waals surface area contributed by atoms with Gasteiger partial charge in [0.05, 0.1) is 5.02 Å². The smallest absolute Gasteiger partial charge is 0.265 e. The maximum Gasteiger partial charge on any atom is 0.265 e. The van der Waals surface area contributed by atoms with E-state index in [1.165, 1.54) is 30.6 Å². The van der Waals surface area contributed by atoms with Gasteiger partial charge in [0.25, 0.3) is 5.91 Å². The fourth-order valence-corrected chi connectivity index (χ4v) is 6.44. The quantitative estimate of drug-likeness (QED) is 0.560. The van der Waals surface area contributed by atoms with Gasteiger partial charge in [0.15, 0.2) is 0 Å². The van der Waals surface area contributed by atoms with Crippen LogP contribution in [0.15, 0.2) is 24.3 Å². The number of halogens is 2. The van der Waals surface area contributed by atoms with Gasteiger partial charge in [-0.2, -0.15) is 0 Å². The van der Waals surface area contributed by atoms with Gasteiger partial charge in [-0.1, -0.05) is 30.2 Å². The molecule has 3 nitrogen and oxygen atoms in total. The van der Waals surface area contributed by atoms with Crippen LogP contribution in [0.2, 0.25) is 5.02 Å². The normalized spacial score (nSPS) is 21.2. The summed E-state index contributed by atoms with van der Waals surface area (Å²) in [5, 5.41) is 0.472. The molecule has 3 aliphatic rings. The minimum atomic E-state index is -0.133. The third kappa shape index (κ3) is 3.92. The maximum atomic E-state index is 15.0. The number of carbonyl (C=O) groups excluding carboxylic acids is 1. The van der Waals surface area contributed by atoms with Crippen LogP contribution in [-0.2, 0) is 0 Å². The van der Waals surface area contributed by atoms with Gasteiger partial charge in [0, 0.05) is 24.0 Å². The van der Waals surface area contributed by atoms with Crippen LogP contribution in [0, 0.1) is 5.82 Å². The summed E-state index contributed by atoms with van der Waals surface area (Å²) in [5.74, 6) is 0.171. The highest BCUT2D eigenvalue weighted by atomic mass is 35.5. The van der Waals surface area contributed by atoms with Crippen molar-refractivity contribution in [1.29, 1.82) is 0 Å². The van der Waals surface area contributed by atoms with E-state index in [1.807, 2.05) is 17.0 Å². The summed E-state index contributed by atoms with van der Waals surface area (Å²) in [7, 11) is 0. The Balaban J connectivity index is 1.30. The third-order valence-electron chi connectivity index (χ3n) is 7.12. The first-order valence-corrected chi connectivity index (χ1v) is 12.4. The lowest BCUT2D eigenvalue weighted by Crippen LogP contribution is -2.44. The highest BCUT2D eigenvalue weighted by molar-refractivity contribution is 7.18. The van der Waals surface area contributed by atoms with Crippen LogP contribution in [0.25, 0.3) is 10.4 Å². The van der Waals surface area contributed by atoms with Gasteiger partial charge in [-0.15, -0.1) is 11.3 Å². The minimum Gasteiger partial charge on any atom is -0.338 e. The number of benzene rings is 1. The van der Waals surface area contributed by atoms with E-state index >= 15 is 4.39 Å². The monoisotopic (exact) mass is 446 g/mol. The second kappa shape index (κ2) is 8.60. The molecule has 2 aliphatic heterocycles. The highest BCUT2D eigenvalue weighted by Crippen LogP contribution is 2.39. The Morgan fingerprint density at radius 3 is 2.37 bits per heavy atom. The van der Waals surface area contributed by atoms with Crippen molar-refractivity contribution >= 4 is 28.8 Å². The predicted octanol–water partition coefficient (Wildman–Crippen LogP) is 6.18. The number of nitrogens with zero attached hydrogens (tertiary/aromatic N) is 2. The molecule has 6 heteroatoms. The fourth-order valence-electron chi connectivity index (χ4n) is 5.06. The number of piperidine rings is 1. The summed E-state index contributed by atoms with van der Waals surface area (Å²) >= 11 is 7.75. The molecule has 160 valence electrons. The summed E-state index contributed by atoms with van der Waals surface area (Å²) in [6.07, 6.45) is 8.19. The molecule has 30 heavy (non-hydrogen) atoms. The minimum absolute atomic E-state index is 0.00376. The molecular formula is C24H28ClFN2OS. The van der Waals surface area contributed by atoms with Crippen molar-refractivity contribution in [2.45, 2.75) is 56.9 Å². The van der Waals surface area contributed by atoms with Crippen LogP contribution < -0.4 is 0 Å². The van der Waals surface area contributed by atoms with Crippen LogP contribution in [0.3, 0.4) is 0 Å². The van der Waals surface area contributed by atoms with E-state index in [4.69, 9.17) is 11.6 Å². The SMILES string of the molecule is O=C(c1sc(-c2ccc(C3CCN(C4CCC4)CC3)c(F)c2)cc1Cl)N1CCCC1. The largest absolute Gasteiger partial charge is 0.338 e. The molecule has 0 spiro atoms. The molecule has 0 bridgehead atoms. The Kier molecular flexibility index (Phi) is 5.87. The number of rotatable bonds is 4. The lowest BCUT2D eigenvalue weighted by molar-refractivity contribution is 0.0797. The zero-order valence-electron chi connectivity index (χ0n) is 17.2. The van der Waals surface area contributed by atoms with Gasteiger partial charge >= 0.3 is 0 Å². The zero-order chi connectivity index (χ0) is 20.7. The van der Waals surface area contributed by atoms with Gasteiger partial charge in [0.1, 0.15) is 10.7 Å². The molecule has 2 saturated heterocycles. The number of likely N-dealkylation sites (tertiary alicyclic amines) is 2. The average Bonchev–Trinajstić information content (AvgIpc) is 3.37. The number of thiophene rings is 1. The molecule has 1 amide bonds. The molecule has 2 aromatic rings. The lowest BCUT2D eigenvalue weighted by atomic mass is 9.85. The Hall–Kier alpha value is -1.43. The highest BCUT2D eigenvalue weighted by Gasteiger charge is 2.30. The molecule has 0 N–H and O–H groups in total. The first-order valence-electron chi connectivity index (χ1n) is 11.2. The number of carbonyl (C=O) groups is 1. The zero-order valence-corrected chi connectivity index (χ0v) is 18.8. The van der Waals surface area contributed by atoms with Crippen LogP contribution in [0.1, 0.15) is 66.1 Å². The van der Waals surface area contributed by atoms with Crippen LogP contribution in [0.4, 0.5) is 4.39 Å². The summed E-state index contributed by atoms with van der Waals surface area (Å²) in [4.78, 5) is 18.6. The van der Waals surface area contributed by atoms with Crippen LogP contribution in [-0.4, -0.2) is 47.9 Å². The Morgan fingerprint density at radius 2 is 1.73 bits per heavy atom. The first kappa shape index (κ1) is 20.5. The maximum absolute atomic E-state index is 15.0. The topological polar surface area (TPSA) is 23.6 Å². The van der Waals surface area contributed by atoms with E-state index in [0.29, 0.717) is 15.8 Å². The summed E-state index contributed by atoms with van der Waals surface area (Å²) in [6.45, 7) is 3.76. The van der Waals surface area contributed by atoms with Crippen molar-refractivity contribution < 1.29 is 9.18 Å². The van der Waals surface area contributed by atoms with Crippen molar-refractivity contribution in [3.8, 4) is 10.4 Å². The van der Waals surface area contributed by atoms with Crippen molar-refractivity contribution in [2.75, 3.05) is 26.2 Å². The Morgan fingerprint density at radius 1 is 1.00 bits per heavy atom. The second-order valence-corrected chi connectivity index (χ2v) is 10.4. The molecule has 1 saturated carbocycles. The van der Waals surface area contributed by atoms with Gasteiger partial charge in [-0.25, -0.2) is 4.39 Å². The van der Waals surface area contributed by atoms with Gasteiger partial charge in [0.2, 0.25) is 0 Å². The number of hydrogen-bond acceptors (Lipinski definition) is 3. The number of amides is 1. The molecule has 1 aromatic carbocycles. The van der Waals surface area contributed by atoms with E-state index in [9.17, 15) is 4.79 Å². The molecule has 0 radical (unpaired) electrons. The Labute approximate surface area is 186 Å². The van der Waals surface area contributed by atoms with E-state index in [2.05, 4.69) is 4.90 Å². The van der Waals surface area contributed by atoms with E-state index in [-0.39, 0.29) is 11.7 Å². The standard InChI is InChI=1S/C24H28ClFN2OS/c25-20-15-22(30-23(20)24(29)28-10-1-2-11-28)17-6-7-19(21(26)14-17)16-8-12-27(13-9-16)18-4-3-5-18/h6-7,14-16,18H,1-5,8-13H2. The first-order chi connectivity index (χ1) is 14.6. The molecule has 5 rings (SSSR count). The average molecular weight is 447 g/mol. The van der Waals surface area contributed by atoms with Crippen molar-refractivity contribution in [3.05, 3.63) is 45.5 Å². The second-order valence-electron chi connectivity index (χ2n) is 8.92. The van der Waals surface area contributed by atoms with Gasteiger partial charge in [-0.3, -0.25) is 4.79 Å². The van der Waals surface area contributed by atoms with Crippen molar-refractivity contribution in [1.82, 2.24) is 9.80 Å². The van der Waals surface area contributed by atoms with E-state index in [0.717, 1.165) is 73.9 Å². The van der Waals surface area contributed by atoms with Gasteiger partial charge in [-0.05, 0) is 80.8 Å². The van der Waals surface area contributed by atoms with Gasteiger partial charge < -0.3 is 9.80 Å². The third-order valence-corrected chi connectivity index (χ3v) is 8.70. The van der Waals surface area contributed by atoms with E-state index in [1.54, 1.807) is 12.1 Å². The molecular weight excluding hydrogens is 419 g/mol.